The van der Waals surface area contributed by atoms with Gasteiger partial charge in [-0.15, -0.1) is 0 Å². The lowest BCUT2D eigenvalue weighted by Gasteiger charge is -2.37. The van der Waals surface area contributed by atoms with E-state index in [0.29, 0.717) is 18.0 Å². The molecule has 128 valence electrons. The lowest BCUT2D eigenvalue weighted by Crippen LogP contribution is -2.40. The number of hydrogen-bond donors (Lipinski definition) is 0. The third-order valence-electron chi connectivity index (χ3n) is 4.65. The first-order valence-corrected chi connectivity index (χ1v) is 8.39. The van der Waals surface area contributed by atoms with Crippen LogP contribution in [-0.2, 0) is 11.8 Å². The van der Waals surface area contributed by atoms with Crippen LogP contribution in [0, 0.1) is 5.92 Å². The number of nitrogens with zero attached hydrogens (tertiary/aromatic N) is 3. The summed E-state index contributed by atoms with van der Waals surface area (Å²) in [5.74, 6) is 1.35. The zero-order valence-corrected chi connectivity index (χ0v) is 14.1. The molecule has 3 rings (SSSR count). The molecule has 2 aromatic rings. The third kappa shape index (κ3) is 3.58. The molecule has 1 aliphatic rings. The van der Waals surface area contributed by atoms with Gasteiger partial charge in [-0.25, -0.2) is 0 Å². The summed E-state index contributed by atoms with van der Waals surface area (Å²) in [4.78, 5) is 26.7. The highest BCUT2D eigenvalue weighted by Gasteiger charge is 2.32. The van der Waals surface area contributed by atoms with Crippen LogP contribution in [-0.4, -0.2) is 32.9 Å². The van der Waals surface area contributed by atoms with Crippen LogP contribution in [0.3, 0.4) is 0 Å². The van der Waals surface area contributed by atoms with Crippen molar-refractivity contribution in [3.63, 3.8) is 0 Å². The standard InChI is InChI=1S/C18H23N3O3/c1-13-7-8-21(15(10-13)17-4-3-9-24-17)18(23)6-5-16(22)14-11-19-20(2)12-14/h3-4,9,11-13,15H,5-8,10H2,1-2H3/t13-,15-/m0/s1. The normalized spacial score (nSPS) is 21.0. The molecule has 0 N–H and O–H groups in total. The van der Waals surface area contributed by atoms with Crippen molar-refractivity contribution in [2.75, 3.05) is 6.54 Å². The van der Waals surface area contributed by atoms with Crippen LogP contribution < -0.4 is 0 Å². The van der Waals surface area contributed by atoms with Crippen molar-refractivity contribution in [2.24, 2.45) is 13.0 Å². The zero-order valence-electron chi connectivity index (χ0n) is 14.1. The van der Waals surface area contributed by atoms with Crippen molar-refractivity contribution in [3.05, 3.63) is 42.1 Å². The maximum atomic E-state index is 12.7. The van der Waals surface area contributed by atoms with Crippen molar-refractivity contribution in [3.8, 4) is 0 Å². The Bertz CT molecular complexity index is 705. The maximum absolute atomic E-state index is 12.7. The number of rotatable bonds is 5. The third-order valence-corrected chi connectivity index (χ3v) is 4.65. The van der Waals surface area contributed by atoms with Crippen molar-refractivity contribution in [1.29, 1.82) is 0 Å². The quantitative estimate of drug-likeness (QED) is 0.791. The molecular weight excluding hydrogens is 306 g/mol. The molecule has 0 aliphatic carbocycles. The van der Waals surface area contributed by atoms with E-state index in [9.17, 15) is 9.59 Å². The minimum Gasteiger partial charge on any atom is -0.467 e. The summed E-state index contributed by atoms with van der Waals surface area (Å²) < 4.78 is 7.12. The summed E-state index contributed by atoms with van der Waals surface area (Å²) in [6.45, 7) is 2.91. The Labute approximate surface area is 141 Å². The van der Waals surface area contributed by atoms with Gasteiger partial charge in [0.05, 0.1) is 24.1 Å². The number of Topliss-reactive ketones (excluding diaryl/α,β-unsaturated/α-hetero) is 1. The average molecular weight is 329 g/mol. The Morgan fingerprint density at radius 1 is 1.38 bits per heavy atom. The van der Waals surface area contributed by atoms with Crippen LogP contribution in [0.5, 0.6) is 0 Å². The number of aryl methyl sites for hydroxylation is 1. The molecule has 0 spiro atoms. The molecule has 1 fully saturated rings. The number of ketones is 1. The van der Waals surface area contributed by atoms with E-state index >= 15 is 0 Å². The highest BCUT2D eigenvalue weighted by Crippen LogP contribution is 2.34. The molecule has 0 bridgehead atoms. The number of hydrogen-bond acceptors (Lipinski definition) is 4. The number of carbonyl (C=O) groups is 2. The summed E-state index contributed by atoms with van der Waals surface area (Å²) in [5, 5.41) is 4.00. The van der Waals surface area contributed by atoms with E-state index in [0.717, 1.165) is 18.6 Å². The Morgan fingerprint density at radius 3 is 2.88 bits per heavy atom. The SMILES string of the molecule is C[C@H]1CCN(C(=O)CCC(=O)c2cnn(C)c2)[C@H](c2ccco2)C1. The molecule has 2 atom stereocenters. The van der Waals surface area contributed by atoms with E-state index in [1.54, 1.807) is 30.4 Å². The van der Waals surface area contributed by atoms with Gasteiger partial charge in [0.1, 0.15) is 5.76 Å². The Morgan fingerprint density at radius 2 is 2.21 bits per heavy atom. The molecule has 0 unspecified atom stereocenters. The van der Waals surface area contributed by atoms with E-state index < -0.39 is 0 Å². The Kier molecular flexibility index (Phi) is 4.83. The van der Waals surface area contributed by atoms with E-state index in [2.05, 4.69) is 12.0 Å². The topological polar surface area (TPSA) is 68.3 Å². The molecule has 3 heterocycles. The molecule has 1 saturated heterocycles. The van der Waals surface area contributed by atoms with Gasteiger partial charge in [-0.1, -0.05) is 6.92 Å². The largest absolute Gasteiger partial charge is 0.467 e. The van der Waals surface area contributed by atoms with Crippen LogP contribution in [0.2, 0.25) is 0 Å². The summed E-state index contributed by atoms with van der Waals surface area (Å²) >= 11 is 0. The maximum Gasteiger partial charge on any atom is 0.223 e. The first-order chi connectivity index (χ1) is 11.5. The fourth-order valence-electron chi connectivity index (χ4n) is 3.26. The van der Waals surface area contributed by atoms with Crippen molar-refractivity contribution >= 4 is 11.7 Å². The van der Waals surface area contributed by atoms with Crippen molar-refractivity contribution in [1.82, 2.24) is 14.7 Å². The van der Waals surface area contributed by atoms with Gasteiger partial charge >= 0.3 is 0 Å². The van der Waals surface area contributed by atoms with Crippen LogP contribution in [0.15, 0.2) is 35.2 Å². The fourth-order valence-corrected chi connectivity index (χ4v) is 3.26. The smallest absolute Gasteiger partial charge is 0.223 e. The van der Waals surface area contributed by atoms with Crippen LogP contribution in [0.1, 0.15) is 54.8 Å². The number of furan rings is 1. The predicted molar refractivity (Wildman–Crippen MR) is 88.3 cm³/mol. The molecule has 24 heavy (non-hydrogen) atoms. The molecular formula is C18H23N3O3. The molecule has 0 saturated carbocycles. The Hall–Kier alpha value is -2.37. The Balaban J connectivity index is 1.63. The summed E-state index contributed by atoms with van der Waals surface area (Å²) in [6, 6.07) is 3.75. The average Bonchev–Trinajstić information content (AvgIpc) is 3.23. The van der Waals surface area contributed by atoms with Crippen molar-refractivity contribution in [2.45, 2.75) is 38.6 Å². The summed E-state index contributed by atoms with van der Waals surface area (Å²) in [5.41, 5.74) is 0.556. The number of aromatic nitrogens is 2. The first kappa shape index (κ1) is 16.5. The summed E-state index contributed by atoms with van der Waals surface area (Å²) in [7, 11) is 1.77. The monoisotopic (exact) mass is 329 g/mol. The number of carbonyl (C=O) groups excluding carboxylic acids is 2. The molecule has 1 aliphatic heterocycles. The van der Waals surface area contributed by atoms with Gasteiger partial charge in [-0.2, -0.15) is 5.10 Å². The molecule has 2 aromatic heterocycles. The number of likely N-dealkylation sites (tertiary alicyclic amines) is 1. The highest BCUT2D eigenvalue weighted by molar-refractivity contribution is 5.97. The van der Waals surface area contributed by atoms with Gasteiger partial charge < -0.3 is 9.32 Å². The fraction of sp³-hybridized carbons (Fsp3) is 0.500. The second-order valence-electron chi connectivity index (χ2n) is 6.57. The van der Waals surface area contributed by atoms with Gasteiger partial charge in [0.2, 0.25) is 5.91 Å². The minimum absolute atomic E-state index is 0.0144. The van der Waals surface area contributed by atoms with E-state index in [4.69, 9.17) is 4.42 Å². The van der Waals surface area contributed by atoms with E-state index in [1.807, 2.05) is 17.0 Å². The molecule has 0 aromatic carbocycles. The molecule has 0 radical (unpaired) electrons. The van der Waals surface area contributed by atoms with Gasteiger partial charge in [0, 0.05) is 32.6 Å². The van der Waals surface area contributed by atoms with Gasteiger partial charge in [-0.3, -0.25) is 14.3 Å². The molecule has 6 nitrogen and oxygen atoms in total. The van der Waals surface area contributed by atoms with E-state index in [-0.39, 0.29) is 30.6 Å². The lowest BCUT2D eigenvalue weighted by molar-refractivity contribution is -0.136. The van der Waals surface area contributed by atoms with Crippen molar-refractivity contribution < 1.29 is 14.0 Å². The minimum atomic E-state index is -0.0450. The van der Waals surface area contributed by atoms with Gasteiger partial charge in [0.15, 0.2) is 5.78 Å². The second-order valence-corrected chi connectivity index (χ2v) is 6.57. The zero-order chi connectivity index (χ0) is 17.1. The van der Waals surface area contributed by atoms with E-state index in [1.165, 1.54) is 0 Å². The second kappa shape index (κ2) is 7.03. The van der Waals surface area contributed by atoms with Crippen LogP contribution >= 0.6 is 0 Å². The first-order valence-electron chi connectivity index (χ1n) is 8.39. The highest BCUT2D eigenvalue weighted by atomic mass is 16.3. The van der Waals surface area contributed by atoms with Gasteiger partial charge in [0.25, 0.3) is 0 Å². The van der Waals surface area contributed by atoms with Gasteiger partial charge in [-0.05, 0) is 30.9 Å². The number of piperidine rings is 1. The summed E-state index contributed by atoms with van der Waals surface area (Å²) in [6.07, 6.45) is 7.18. The van der Waals surface area contributed by atoms with Crippen LogP contribution in [0.25, 0.3) is 0 Å². The molecule has 6 heteroatoms. The van der Waals surface area contributed by atoms with Crippen LogP contribution in [0.4, 0.5) is 0 Å². The predicted octanol–water partition coefficient (Wildman–Crippen LogP) is 2.98. The lowest BCUT2D eigenvalue weighted by atomic mass is 9.90. The number of amides is 1. The molecule has 1 amide bonds.